The first kappa shape index (κ1) is 15.8. The van der Waals surface area contributed by atoms with E-state index in [4.69, 9.17) is 10.5 Å². The molecule has 116 valence electrons. The van der Waals surface area contributed by atoms with Crippen molar-refractivity contribution in [3.63, 3.8) is 0 Å². The smallest absolute Gasteiger partial charge is 0.222 e. The number of para-hydroxylation sites is 1. The largest absolute Gasteiger partial charge is 0.496 e. The minimum Gasteiger partial charge on any atom is -0.496 e. The van der Waals surface area contributed by atoms with Gasteiger partial charge in [0.2, 0.25) is 5.91 Å². The number of nitrogens with two attached hydrogens (primary N) is 1. The van der Waals surface area contributed by atoms with Crippen LogP contribution in [0.2, 0.25) is 0 Å². The summed E-state index contributed by atoms with van der Waals surface area (Å²) in [5.41, 5.74) is 7.13. The van der Waals surface area contributed by atoms with Crippen LogP contribution in [-0.2, 0) is 4.79 Å². The summed E-state index contributed by atoms with van der Waals surface area (Å²) in [5.74, 6) is 1.15. The number of nitrogens with one attached hydrogen (secondary N) is 1. The topological polar surface area (TPSA) is 67.6 Å². The van der Waals surface area contributed by atoms with Crippen LogP contribution in [0.3, 0.4) is 0 Å². The number of likely N-dealkylation sites (tertiary alicyclic amines) is 1. The second-order valence-corrected chi connectivity index (χ2v) is 5.42. The van der Waals surface area contributed by atoms with Crippen molar-refractivity contribution in [3.8, 4) is 5.75 Å². The Bertz CT molecular complexity index is 470. The summed E-state index contributed by atoms with van der Waals surface area (Å²) in [6.07, 6.45) is 1.76. The van der Waals surface area contributed by atoms with E-state index in [0.29, 0.717) is 6.54 Å². The molecule has 1 heterocycles. The highest BCUT2D eigenvalue weighted by Crippen LogP contribution is 2.31. The van der Waals surface area contributed by atoms with Crippen LogP contribution in [0.5, 0.6) is 5.75 Å². The van der Waals surface area contributed by atoms with Crippen molar-refractivity contribution >= 4 is 5.91 Å². The van der Waals surface area contributed by atoms with E-state index in [1.165, 1.54) is 0 Å². The Labute approximate surface area is 126 Å². The second-order valence-electron chi connectivity index (χ2n) is 5.42. The number of carbonyl (C=O) groups is 1. The molecule has 2 rings (SSSR count). The van der Waals surface area contributed by atoms with E-state index < -0.39 is 0 Å². The molecule has 1 aromatic rings. The molecule has 5 heteroatoms. The lowest BCUT2D eigenvalue weighted by molar-refractivity contribution is -0.126. The molecule has 0 spiro atoms. The van der Waals surface area contributed by atoms with Gasteiger partial charge in [-0.15, -0.1) is 0 Å². The predicted octanol–water partition coefficient (Wildman–Crippen LogP) is 1.15. The molecule has 5 nitrogen and oxygen atoms in total. The first-order chi connectivity index (χ1) is 10.2. The molecule has 3 N–H and O–H groups in total. The molecule has 1 fully saturated rings. The van der Waals surface area contributed by atoms with Gasteiger partial charge in [0, 0.05) is 25.1 Å². The number of ether oxygens (including phenoxy) is 1. The van der Waals surface area contributed by atoms with Gasteiger partial charge in [-0.2, -0.15) is 0 Å². The highest BCUT2D eigenvalue weighted by molar-refractivity contribution is 5.78. The van der Waals surface area contributed by atoms with Crippen molar-refractivity contribution in [1.82, 2.24) is 10.2 Å². The predicted molar refractivity (Wildman–Crippen MR) is 83.2 cm³/mol. The lowest BCUT2D eigenvalue weighted by atomic mass is 9.93. The Morgan fingerprint density at radius 1 is 1.43 bits per heavy atom. The quantitative estimate of drug-likeness (QED) is 0.854. The van der Waals surface area contributed by atoms with Gasteiger partial charge >= 0.3 is 0 Å². The molecule has 1 aliphatic rings. The van der Waals surface area contributed by atoms with Crippen LogP contribution in [0.15, 0.2) is 24.3 Å². The zero-order chi connectivity index (χ0) is 15.2. The van der Waals surface area contributed by atoms with E-state index in [9.17, 15) is 4.79 Å². The van der Waals surface area contributed by atoms with Crippen molar-refractivity contribution in [2.24, 2.45) is 11.7 Å². The van der Waals surface area contributed by atoms with Gasteiger partial charge < -0.3 is 15.8 Å². The third-order valence-electron chi connectivity index (χ3n) is 4.31. The molecule has 1 unspecified atom stereocenters. The fraction of sp³-hybridized carbons (Fsp3) is 0.562. The third-order valence-corrected chi connectivity index (χ3v) is 4.31. The number of carbonyl (C=O) groups excluding carboxylic acids is 1. The van der Waals surface area contributed by atoms with Gasteiger partial charge in [-0.25, -0.2) is 0 Å². The van der Waals surface area contributed by atoms with E-state index in [1.807, 2.05) is 18.2 Å². The molecule has 0 radical (unpaired) electrons. The molecular formula is C16H25N3O2. The molecule has 1 saturated heterocycles. The van der Waals surface area contributed by atoms with Crippen molar-refractivity contribution in [3.05, 3.63) is 29.8 Å². The Morgan fingerprint density at radius 2 is 2.10 bits per heavy atom. The number of piperidine rings is 1. The van der Waals surface area contributed by atoms with Crippen LogP contribution in [0.1, 0.15) is 24.4 Å². The molecular weight excluding hydrogens is 266 g/mol. The van der Waals surface area contributed by atoms with Crippen LogP contribution < -0.4 is 15.8 Å². The summed E-state index contributed by atoms with van der Waals surface area (Å²) >= 11 is 0. The van der Waals surface area contributed by atoms with Crippen LogP contribution in [0.25, 0.3) is 0 Å². The Kier molecular flexibility index (Phi) is 5.59. The van der Waals surface area contributed by atoms with Gasteiger partial charge in [0.05, 0.1) is 13.2 Å². The van der Waals surface area contributed by atoms with Crippen molar-refractivity contribution < 1.29 is 9.53 Å². The molecule has 1 atom stereocenters. The zero-order valence-corrected chi connectivity index (χ0v) is 12.8. The standard InChI is InChI=1S/C16H25N3O2/c1-18-16(20)12-7-9-19(10-8-12)14(11-17)13-5-3-4-6-15(13)21-2/h3-6,12,14H,7-11,17H2,1-2H3,(H,18,20). The fourth-order valence-electron chi connectivity index (χ4n) is 3.09. The number of nitrogens with zero attached hydrogens (tertiary/aromatic N) is 1. The summed E-state index contributed by atoms with van der Waals surface area (Å²) < 4.78 is 5.45. The first-order valence-electron chi connectivity index (χ1n) is 7.49. The number of methoxy groups -OCH3 is 1. The number of amides is 1. The van der Waals surface area contributed by atoms with E-state index in [0.717, 1.165) is 37.2 Å². The van der Waals surface area contributed by atoms with Crippen molar-refractivity contribution in [2.75, 3.05) is 33.8 Å². The van der Waals surface area contributed by atoms with Gasteiger partial charge in [0.15, 0.2) is 0 Å². The van der Waals surface area contributed by atoms with Gasteiger partial charge in [0.1, 0.15) is 5.75 Å². The Balaban J connectivity index is 2.08. The maximum atomic E-state index is 11.7. The minimum absolute atomic E-state index is 0.127. The SMILES string of the molecule is CNC(=O)C1CCN(C(CN)c2ccccc2OC)CC1. The molecule has 1 aliphatic heterocycles. The highest BCUT2D eigenvalue weighted by Gasteiger charge is 2.29. The fourth-order valence-corrected chi connectivity index (χ4v) is 3.09. The number of rotatable bonds is 5. The Hall–Kier alpha value is -1.59. The maximum absolute atomic E-state index is 11.7. The molecule has 0 aromatic heterocycles. The summed E-state index contributed by atoms with van der Waals surface area (Å²) in [6, 6.07) is 8.16. The average Bonchev–Trinajstić information content (AvgIpc) is 2.56. The van der Waals surface area contributed by atoms with Crippen LogP contribution >= 0.6 is 0 Å². The summed E-state index contributed by atoms with van der Waals surface area (Å²) in [4.78, 5) is 14.1. The molecule has 1 amide bonds. The highest BCUT2D eigenvalue weighted by atomic mass is 16.5. The third kappa shape index (κ3) is 3.54. The van der Waals surface area contributed by atoms with Crippen molar-refractivity contribution in [1.29, 1.82) is 0 Å². The second kappa shape index (κ2) is 7.43. The van der Waals surface area contributed by atoms with E-state index in [1.54, 1.807) is 14.2 Å². The average molecular weight is 291 g/mol. The van der Waals surface area contributed by atoms with Crippen LogP contribution in [0.4, 0.5) is 0 Å². The first-order valence-corrected chi connectivity index (χ1v) is 7.49. The lowest BCUT2D eigenvalue weighted by Crippen LogP contribution is -2.43. The summed E-state index contributed by atoms with van der Waals surface area (Å²) in [5, 5.41) is 2.74. The van der Waals surface area contributed by atoms with E-state index >= 15 is 0 Å². The zero-order valence-electron chi connectivity index (χ0n) is 12.8. The normalized spacial score (nSPS) is 18.2. The number of benzene rings is 1. The minimum atomic E-state index is 0.127. The van der Waals surface area contributed by atoms with Crippen LogP contribution in [0, 0.1) is 5.92 Å². The molecule has 0 aliphatic carbocycles. The number of hydrogen-bond acceptors (Lipinski definition) is 4. The van der Waals surface area contributed by atoms with Gasteiger partial charge in [-0.3, -0.25) is 9.69 Å². The molecule has 0 bridgehead atoms. The lowest BCUT2D eigenvalue weighted by Gasteiger charge is -2.37. The maximum Gasteiger partial charge on any atom is 0.222 e. The van der Waals surface area contributed by atoms with Crippen LogP contribution in [-0.4, -0.2) is 44.6 Å². The molecule has 0 saturated carbocycles. The van der Waals surface area contributed by atoms with Crippen molar-refractivity contribution in [2.45, 2.75) is 18.9 Å². The summed E-state index contributed by atoms with van der Waals surface area (Å²) in [6.45, 7) is 2.32. The van der Waals surface area contributed by atoms with Gasteiger partial charge in [0.25, 0.3) is 0 Å². The summed E-state index contributed by atoms with van der Waals surface area (Å²) in [7, 11) is 3.39. The van der Waals surface area contributed by atoms with E-state index in [2.05, 4.69) is 16.3 Å². The van der Waals surface area contributed by atoms with Gasteiger partial charge in [-0.05, 0) is 32.0 Å². The number of hydrogen-bond donors (Lipinski definition) is 2. The molecule has 1 aromatic carbocycles. The molecule has 21 heavy (non-hydrogen) atoms. The Morgan fingerprint density at radius 3 is 2.67 bits per heavy atom. The van der Waals surface area contributed by atoms with E-state index in [-0.39, 0.29) is 17.9 Å². The monoisotopic (exact) mass is 291 g/mol. The van der Waals surface area contributed by atoms with Gasteiger partial charge in [-0.1, -0.05) is 18.2 Å².